The van der Waals surface area contributed by atoms with E-state index in [0.717, 1.165) is 18.4 Å². The molecule has 0 amide bonds. The highest BCUT2D eigenvalue weighted by molar-refractivity contribution is 7.85. The number of ether oxygens (including phenoxy) is 1. The van der Waals surface area contributed by atoms with E-state index >= 15 is 0 Å². The van der Waals surface area contributed by atoms with Gasteiger partial charge in [-0.25, -0.2) is 0 Å². The molecule has 1 atom stereocenters. The molecule has 1 aromatic rings. The van der Waals surface area contributed by atoms with E-state index < -0.39 is 39.3 Å². The Hall–Kier alpha value is -1.83. The standard InChI is InChI=1S/C15H17F3N2O4S/c1-14(2)20(8-12(24-14)9-23-25(3,21)22)11-5-4-10(7-19)13(6-11)15(16,17)18/h4-6,12H,8-9H2,1-3H3/t12-/m0/s1. The molecular weight excluding hydrogens is 361 g/mol. The van der Waals surface area contributed by atoms with Crippen LogP contribution >= 0.6 is 0 Å². The number of hydrogen-bond acceptors (Lipinski definition) is 6. The number of anilines is 1. The maximum absolute atomic E-state index is 13.1. The highest BCUT2D eigenvalue weighted by Gasteiger charge is 2.41. The van der Waals surface area contributed by atoms with Crippen molar-refractivity contribution in [3.63, 3.8) is 0 Å². The summed E-state index contributed by atoms with van der Waals surface area (Å²) in [6.45, 7) is 3.21. The van der Waals surface area contributed by atoms with Crippen LogP contribution in [0.3, 0.4) is 0 Å². The lowest BCUT2D eigenvalue weighted by atomic mass is 10.1. The Morgan fingerprint density at radius 3 is 2.60 bits per heavy atom. The van der Waals surface area contributed by atoms with Crippen molar-refractivity contribution >= 4 is 15.8 Å². The fraction of sp³-hybridized carbons (Fsp3) is 0.533. The molecule has 0 spiro atoms. The van der Waals surface area contributed by atoms with Gasteiger partial charge in [-0.2, -0.15) is 26.9 Å². The van der Waals surface area contributed by atoms with E-state index in [-0.39, 0.29) is 18.8 Å². The van der Waals surface area contributed by atoms with Gasteiger partial charge in [-0.15, -0.1) is 0 Å². The smallest absolute Gasteiger partial charge is 0.349 e. The summed E-state index contributed by atoms with van der Waals surface area (Å²) in [4.78, 5) is 1.57. The minimum Gasteiger partial charge on any atom is -0.349 e. The third kappa shape index (κ3) is 4.62. The van der Waals surface area contributed by atoms with E-state index in [1.165, 1.54) is 12.1 Å². The number of nitriles is 1. The lowest BCUT2D eigenvalue weighted by molar-refractivity contribution is -0.137. The summed E-state index contributed by atoms with van der Waals surface area (Å²) in [7, 11) is -3.65. The molecule has 1 saturated heterocycles. The van der Waals surface area contributed by atoms with Crippen molar-refractivity contribution in [2.45, 2.75) is 31.9 Å². The second kappa shape index (κ2) is 6.48. The average molecular weight is 378 g/mol. The molecule has 0 radical (unpaired) electrons. The van der Waals surface area contributed by atoms with Crippen molar-refractivity contribution < 1.29 is 30.5 Å². The number of nitrogens with zero attached hydrogens (tertiary/aromatic N) is 2. The topological polar surface area (TPSA) is 79.6 Å². The van der Waals surface area contributed by atoms with Crippen molar-refractivity contribution in [3.05, 3.63) is 29.3 Å². The monoisotopic (exact) mass is 378 g/mol. The summed E-state index contributed by atoms with van der Waals surface area (Å²) in [5, 5.41) is 8.87. The number of alkyl halides is 3. The molecule has 6 nitrogen and oxygen atoms in total. The van der Waals surface area contributed by atoms with Crippen molar-refractivity contribution in [2.24, 2.45) is 0 Å². The highest BCUT2D eigenvalue weighted by atomic mass is 32.2. The summed E-state index contributed by atoms with van der Waals surface area (Å²) < 4.78 is 72.0. The molecule has 1 aromatic carbocycles. The highest BCUT2D eigenvalue weighted by Crippen LogP contribution is 2.38. The zero-order valence-corrected chi connectivity index (χ0v) is 14.6. The van der Waals surface area contributed by atoms with Gasteiger partial charge in [0.15, 0.2) is 0 Å². The van der Waals surface area contributed by atoms with E-state index in [0.29, 0.717) is 0 Å². The Labute approximate surface area is 143 Å². The number of benzene rings is 1. The molecule has 0 aromatic heterocycles. The van der Waals surface area contributed by atoms with Crippen molar-refractivity contribution in [2.75, 3.05) is 24.3 Å². The first-order chi connectivity index (χ1) is 11.3. The molecule has 1 fully saturated rings. The molecule has 0 aliphatic carbocycles. The van der Waals surface area contributed by atoms with Crippen LogP contribution in [0.15, 0.2) is 18.2 Å². The fourth-order valence-corrected chi connectivity index (χ4v) is 3.07. The van der Waals surface area contributed by atoms with Gasteiger partial charge in [-0.05, 0) is 32.0 Å². The van der Waals surface area contributed by atoms with E-state index in [1.54, 1.807) is 18.7 Å². The van der Waals surface area contributed by atoms with Gasteiger partial charge >= 0.3 is 6.18 Å². The molecule has 1 aliphatic rings. The first-order valence-electron chi connectivity index (χ1n) is 7.25. The van der Waals surface area contributed by atoms with Gasteiger partial charge in [0.25, 0.3) is 10.1 Å². The Morgan fingerprint density at radius 1 is 1.44 bits per heavy atom. The van der Waals surface area contributed by atoms with Crippen LogP contribution in [-0.4, -0.2) is 39.7 Å². The van der Waals surface area contributed by atoms with Crippen LogP contribution in [0.5, 0.6) is 0 Å². The van der Waals surface area contributed by atoms with Crippen LogP contribution in [-0.2, 0) is 25.2 Å². The van der Waals surface area contributed by atoms with E-state index in [9.17, 15) is 21.6 Å². The van der Waals surface area contributed by atoms with E-state index in [1.807, 2.05) is 0 Å². The predicted octanol–water partition coefficient (Wildman–Crippen LogP) is 2.49. The first-order valence-corrected chi connectivity index (χ1v) is 9.06. The second-order valence-corrected chi connectivity index (χ2v) is 7.77. The van der Waals surface area contributed by atoms with E-state index in [2.05, 4.69) is 0 Å². The van der Waals surface area contributed by atoms with E-state index in [4.69, 9.17) is 14.2 Å². The Bertz CT molecular complexity index is 800. The minimum atomic E-state index is -4.66. The van der Waals surface area contributed by atoms with Crippen molar-refractivity contribution in [1.82, 2.24) is 0 Å². The Balaban J connectivity index is 2.30. The Morgan fingerprint density at radius 2 is 2.08 bits per heavy atom. The van der Waals surface area contributed by atoms with Gasteiger partial charge < -0.3 is 9.64 Å². The molecule has 0 saturated carbocycles. The van der Waals surface area contributed by atoms with Crippen molar-refractivity contribution in [1.29, 1.82) is 5.26 Å². The Kier molecular flexibility index (Phi) is 5.05. The fourth-order valence-electron chi connectivity index (χ4n) is 2.67. The molecular formula is C15H17F3N2O4S. The molecule has 10 heteroatoms. The van der Waals surface area contributed by atoms with Crippen LogP contribution in [0.25, 0.3) is 0 Å². The number of hydrogen-bond donors (Lipinski definition) is 0. The second-order valence-electron chi connectivity index (χ2n) is 6.13. The van der Waals surface area contributed by atoms with Gasteiger partial charge in [0.1, 0.15) is 11.8 Å². The summed E-state index contributed by atoms with van der Waals surface area (Å²) in [6.07, 6.45) is -4.39. The predicted molar refractivity (Wildman–Crippen MR) is 83.3 cm³/mol. The zero-order valence-electron chi connectivity index (χ0n) is 13.8. The normalized spacial score (nSPS) is 20.5. The molecule has 0 bridgehead atoms. The summed E-state index contributed by atoms with van der Waals surface area (Å²) in [5.74, 6) is 0. The minimum absolute atomic E-state index is 0.145. The van der Waals surface area contributed by atoms with Gasteiger partial charge in [0, 0.05) is 12.2 Å². The van der Waals surface area contributed by atoms with Gasteiger partial charge in [0.2, 0.25) is 0 Å². The molecule has 0 unspecified atom stereocenters. The molecule has 1 aliphatic heterocycles. The largest absolute Gasteiger partial charge is 0.417 e. The summed E-state index contributed by atoms with van der Waals surface area (Å²) >= 11 is 0. The summed E-state index contributed by atoms with van der Waals surface area (Å²) in [5.41, 5.74) is -2.24. The van der Waals surface area contributed by atoms with Crippen LogP contribution in [0.2, 0.25) is 0 Å². The third-order valence-corrected chi connectivity index (χ3v) is 4.26. The van der Waals surface area contributed by atoms with Crippen LogP contribution in [0.4, 0.5) is 18.9 Å². The SMILES string of the molecule is CC1(C)O[C@H](COS(C)(=O)=O)CN1c1ccc(C#N)c(C(F)(F)F)c1. The third-order valence-electron chi connectivity index (χ3n) is 3.70. The van der Waals surface area contributed by atoms with Crippen molar-refractivity contribution in [3.8, 4) is 6.07 Å². The van der Waals surface area contributed by atoms with Gasteiger partial charge in [-0.1, -0.05) is 0 Å². The van der Waals surface area contributed by atoms with Gasteiger partial charge in [-0.3, -0.25) is 4.18 Å². The molecule has 1 heterocycles. The molecule has 138 valence electrons. The maximum Gasteiger partial charge on any atom is 0.417 e. The zero-order chi connectivity index (χ0) is 19.0. The lowest BCUT2D eigenvalue weighted by Gasteiger charge is -2.32. The lowest BCUT2D eigenvalue weighted by Crippen LogP contribution is -2.39. The van der Waals surface area contributed by atoms with Gasteiger partial charge in [0.05, 0.1) is 30.1 Å². The van der Waals surface area contributed by atoms with Crippen LogP contribution in [0, 0.1) is 11.3 Å². The van der Waals surface area contributed by atoms with Crippen LogP contribution in [0.1, 0.15) is 25.0 Å². The summed E-state index contributed by atoms with van der Waals surface area (Å²) in [6, 6.07) is 4.93. The molecule has 2 rings (SSSR count). The van der Waals surface area contributed by atoms with Crippen LogP contribution < -0.4 is 4.90 Å². The molecule has 25 heavy (non-hydrogen) atoms. The maximum atomic E-state index is 13.1. The first kappa shape index (κ1) is 19.5. The quantitative estimate of drug-likeness (QED) is 0.749. The molecule has 0 N–H and O–H groups in total. The number of halogens is 3. The number of rotatable bonds is 4. The average Bonchev–Trinajstić information content (AvgIpc) is 2.78.